The van der Waals surface area contributed by atoms with E-state index in [-0.39, 0.29) is 30.6 Å². The Kier molecular flexibility index (Phi) is 13.0. The lowest BCUT2D eigenvalue weighted by Gasteiger charge is -2.36. The first-order valence-corrected chi connectivity index (χ1v) is 17.3. The zero-order valence-electron chi connectivity index (χ0n) is 26.9. The Labute approximate surface area is 282 Å². The van der Waals surface area contributed by atoms with Crippen LogP contribution in [0.15, 0.2) is 108 Å². The summed E-state index contributed by atoms with van der Waals surface area (Å²) < 4.78 is 13.2. The average molecular weight is 653 g/mol. The molecule has 8 heteroatoms. The molecule has 1 heterocycles. The lowest BCUT2D eigenvalue weighted by atomic mass is 9.99. The highest BCUT2D eigenvalue weighted by atomic mass is 32.2. The first-order valence-electron chi connectivity index (χ1n) is 16.4. The summed E-state index contributed by atoms with van der Waals surface area (Å²) in [5.74, 6) is 0.813. The maximum atomic E-state index is 12.4. The number of unbranched alkanes of at least 4 members (excludes halogenated alkanes) is 2. The lowest BCUT2D eigenvalue weighted by molar-refractivity contribution is -0.245. The van der Waals surface area contributed by atoms with Gasteiger partial charge in [-0.05, 0) is 64.9 Å². The summed E-state index contributed by atoms with van der Waals surface area (Å²) in [6.45, 7) is 2.64. The molecule has 0 radical (unpaired) electrons. The predicted octanol–water partition coefficient (Wildman–Crippen LogP) is 7.50. The van der Waals surface area contributed by atoms with Crippen molar-refractivity contribution in [2.45, 2.75) is 75.6 Å². The predicted molar refractivity (Wildman–Crippen MR) is 186 cm³/mol. The van der Waals surface area contributed by atoms with E-state index >= 15 is 0 Å². The number of hydrogen-bond donors (Lipinski definition) is 3. The molecule has 1 aliphatic rings. The Bertz CT molecular complexity index is 1580. The van der Waals surface area contributed by atoms with E-state index in [1.54, 1.807) is 11.8 Å². The van der Waals surface area contributed by atoms with E-state index < -0.39 is 6.29 Å². The molecular weight excluding hydrogens is 609 g/mol. The van der Waals surface area contributed by atoms with Gasteiger partial charge in [-0.2, -0.15) is 0 Å². The van der Waals surface area contributed by atoms with Crippen LogP contribution in [0.2, 0.25) is 0 Å². The molecule has 3 atom stereocenters. The monoisotopic (exact) mass is 652 g/mol. The highest BCUT2D eigenvalue weighted by Gasteiger charge is 2.32. The molecule has 246 valence electrons. The third-order valence-corrected chi connectivity index (χ3v) is 9.30. The Morgan fingerprint density at radius 3 is 2.32 bits per heavy atom. The molecule has 1 aliphatic heterocycles. The Morgan fingerprint density at radius 2 is 1.55 bits per heavy atom. The molecule has 0 spiro atoms. The SMILES string of the molecule is CC(=O)NCCCCCC(=O)NCc1cccc(-c2cccc([C@@H]3O[C@H](CSc4ccccc4)C[C@H](c4ccc(CO)cc4)O3)c2)c1. The van der Waals surface area contributed by atoms with E-state index in [2.05, 4.69) is 59.2 Å². The van der Waals surface area contributed by atoms with Crippen molar-refractivity contribution < 1.29 is 24.2 Å². The largest absolute Gasteiger partial charge is 0.392 e. The highest BCUT2D eigenvalue weighted by Crippen LogP contribution is 2.40. The number of aliphatic hydroxyl groups excluding tert-OH is 1. The number of benzene rings is 4. The number of nitrogens with one attached hydrogen (secondary N) is 2. The van der Waals surface area contributed by atoms with Gasteiger partial charge in [0.1, 0.15) is 0 Å². The minimum atomic E-state index is -0.534. The Morgan fingerprint density at radius 1 is 0.787 bits per heavy atom. The van der Waals surface area contributed by atoms with Crippen molar-refractivity contribution in [3.63, 3.8) is 0 Å². The summed E-state index contributed by atoms with van der Waals surface area (Å²) in [5, 5.41) is 15.4. The second-order valence-electron chi connectivity index (χ2n) is 11.9. The summed E-state index contributed by atoms with van der Waals surface area (Å²) in [5.41, 5.74) is 6.03. The van der Waals surface area contributed by atoms with Crippen LogP contribution in [-0.4, -0.2) is 35.3 Å². The van der Waals surface area contributed by atoms with Crippen LogP contribution in [-0.2, 0) is 32.2 Å². The number of ether oxygens (including phenoxy) is 2. The molecule has 3 N–H and O–H groups in total. The van der Waals surface area contributed by atoms with E-state index in [1.165, 1.54) is 11.8 Å². The van der Waals surface area contributed by atoms with Gasteiger partial charge >= 0.3 is 0 Å². The fraction of sp³-hybridized carbons (Fsp3) is 0.333. The highest BCUT2D eigenvalue weighted by molar-refractivity contribution is 7.99. The van der Waals surface area contributed by atoms with E-state index in [4.69, 9.17) is 9.47 Å². The molecule has 4 aromatic rings. The smallest absolute Gasteiger partial charge is 0.220 e. The molecule has 0 bridgehead atoms. The van der Waals surface area contributed by atoms with Gasteiger partial charge in [0.2, 0.25) is 11.8 Å². The van der Waals surface area contributed by atoms with Crippen LogP contribution in [0.1, 0.15) is 73.7 Å². The average Bonchev–Trinajstić information content (AvgIpc) is 3.11. The minimum Gasteiger partial charge on any atom is -0.392 e. The van der Waals surface area contributed by atoms with E-state index in [0.717, 1.165) is 64.8 Å². The maximum Gasteiger partial charge on any atom is 0.220 e. The zero-order valence-corrected chi connectivity index (χ0v) is 27.7. The van der Waals surface area contributed by atoms with Gasteiger partial charge in [-0.3, -0.25) is 9.59 Å². The summed E-state index contributed by atoms with van der Waals surface area (Å²) >= 11 is 1.79. The van der Waals surface area contributed by atoms with Crippen molar-refractivity contribution in [1.82, 2.24) is 10.6 Å². The van der Waals surface area contributed by atoms with E-state index in [0.29, 0.717) is 19.5 Å². The van der Waals surface area contributed by atoms with Crippen LogP contribution in [0.3, 0.4) is 0 Å². The zero-order chi connectivity index (χ0) is 32.8. The molecule has 1 saturated heterocycles. The molecule has 0 unspecified atom stereocenters. The van der Waals surface area contributed by atoms with E-state index in [9.17, 15) is 14.7 Å². The van der Waals surface area contributed by atoms with Crippen molar-refractivity contribution in [1.29, 1.82) is 0 Å². The van der Waals surface area contributed by atoms with Gasteiger partial charge in [-0.25, -0.2) is 0 Å². The van der Waals surface area contributed by atoms with Crippen LogP contribution < -0.4 is 10.6 Å². The van der Waals surface area contributed by atoms with E-state index in [1.807, 2.05) is 54.6 Å². The number of thioether (sulfide) groups is 1. The van der Waals surface area contributed by atoms with Crippen molar-refractivity contribution in [2.24, 2.45) is 0 Å². The summed E-state index contributed by atoms with van der Waals surface area (Å²) in [7, 11) is 0. The molecule has 0 aliphatic carbocycles. The van der Waals surface area contributed by atoms with Crippen molar-refractivity contribution in [3.05, 3.63) is 125 Å². The van der Waals surface area contributed by atoms with Gasteiger partial charge in [-0.15, -0.1) is 11.8 Å². The number of amides is 2. The van der Waals surface area contributed by atoms with Crippen molar-refractivity contribution >= 4 is 23.6 Å². The number of carbonyl (C=O) groups is 2. The second kappa shape index (κ2) is 17.8. The quantitative estimate of drug-likeness (QED) is 0.0910. The fourth-order valence-electron chi connectivity index (χ4n) is 5.60. The van der Waals surface area contributed by atoms with Gasteiger partial charge in [-0.1, -0.05) is 85.3 Å². The third-order valence-electron chi connectivity index (χ3n) is 8.16. The molecule has 7 nitrogen and oxygen atoms in total. The fourth-order valence-corrected chi connectivity index (χ4v) is 6.54. The first kappa shape index (κ1) is 34.4. The molecule has 0 aromatic heterocycles. The van der Waals surface area contributed by atoms with Gasteiger partial charge in [0.05, 0.1) is 18.8 Å². The first-order chi connectivity index (χ1) is 23.0. The van der Waals surface area contributed by atoms with Crippen LogP contribution in [0, 0.1) is 0 Å². The van der Waals surface area contributed by atoms with Gasteiger partial charge in [0.25, 0.3) is 0 Å². The van der Waals surface area contributed by atoms with Crippen molar-refractivity contribution in [3.8, 4) is 11.1 Å². The van der Waals surface area contributed by atoms with Gasteiger partial charge in [0.15, 0.2) is 6.29 Å². The lowest BCUT2D eigenvalue weighted by Crippen LogP contribution is -2.31. The summed E-state index contributed by atoms with van der Waals surface area (Å²) in [6, 6.07) is 34.9. The normalized spacial score (nSPS) is 17.6. The number of carbonyl (C=O) groups excluding carboxylic acids is 2. The van der Waals surface area contributed by atoms with Gasteiger partial charge < -0.3 is 25.2 Å². The van der Waals surface area contributed by atoms with Crippen LogP contribution in [0.25, 0.3) is 11.1 Å². The standard InChI is InChI=1S/C39H44N2O5S/c1-28(43)40-21-7-3-6-16-38(44)41-25-30-10-8-11-32(22-30)33-12-9-13-34(23-33)39-45-35(27-47-36-14-4-2-5-15-36)24-37(46-39)31-19-17-29(26-42)18-20-31/h2,4-5,8-15,17-20,22-23,35,37,39,42H,3,6-7,16,21,24-27H2,1H3,(H,40,43)(H,41,44)/t35-,37+,39+/m0/s1. The topological polar surface area (TPSA) is 96.9 Å². The molecule has 0 saturated carbocycles. The minimum absolute atomic E-state index is 0.0103. The maximum absolute atomic E-state index is 12.4. The number of aliphatic hydroxyl groups is 1. The van der Waals surface area contributed by atoms with Crippen LogP contribution >= 0.6 is 11.8 Å². The molecule has 47 heavy (non-hydrogen) atoms. The Balaban J connectivity index is 1.23. The third kappa shape index (κ3) is 10.8. The second-order valence-corrected chi connectivity index (χ2v) is 13.0. The molecule has 4 aromatic carbocycles. The molecule has 1 fully saturated rings. The van der Waals surface area contributed by atoms with Crippen LogP contribution in [0.5, 0.6) is 0 Å². The number of hydrogen-bond acceptors (Lipinski definition) is 6. The molecule has 2 amide bonds. The molecular formula is C39H44N2O5S. The number of rotatable bonds is 15. The Hall–Kier alpha value is -3.95. The summed E-state index contributed by atoms with van der Waals surface area (Å²) in [6.07, 6.45) is 3.08. The van der Waals surface area contributed by atoms with Crippen LogP contribution in [0.4, 0.5) is 0 Å². The van der Waals surface area contributed by atoms with Gasteiger partial charge in [0, 0.05) is 49.1 Å². The molecule has 5 rings (SSSR count). The summed E-state index contributed by atoms with van der Waals surface area (Å²) in [4.78, 5) is 24.6. The van der Waals surface area contributed by atoms with Crippen molar-refractivity contribution in [2.75, 3.05) is 12.3 Å².